The minimum atomic E-state index is -0.963. The van der Waals surface area contributed by atoms with Crippen molar-refractivity contribution >= 4 is 24.0 Å². The van der Waals surface area contributed by atoms with Gasteiger partial charge < -0.3 is 14.2 Å². The fourth-order valence-corrected chi connectivity index (χ4v) is 3.80. The standard InChI is InChI=1S/C24H30O7/c1-15(2)8-11-22(28)21-14-30-24(31-17(4)27)23-19(13-29-16(3)26)7-5-6-18(12-25)9-10-20(21)23/h8-9,12-14,20,23-24H,5-7,10-11H2,1-4H3/b18-9-,19-13+/t20-,23+,24-/m1/s1. The lowest BCUT2D eigenvalue weighted by atomic mass is 9.75. The van der Waals surface area contributed by atoms with Crippen molar-refractivity contribution in [3.05, 3.63) is 47.0 Å². The van der Waals surface area contributed by atoms with Crippen LogP contribution in [0.3, 0.4) is 0 Å². The first-order chi connectivity index (χ1) is 14.7. The van der Waals surface area contributed by atoms with Crippen molar-refractivity contribution in [2.24, 2.45) is 11.8 Å². The third kappa shape index (κ3) is 7.05. The smallest absolute Gasteiger partial charge is 0.307 e. The van der Waals surface area contributed by atoms with E-state index < -0.39 is 30.1 Å². The molecule has 31 heavy (non-hydrogen) atoms. The summed E-state index contributed by atoms with van der Waals surface area (Å²) in [6.07, 6.45) is 8.57. The van der Waals surface area contributed by atoms with Crippen molar-refractivity contribution in [2.75, 3.05) is 0 Å². The van der Waals surface area contributed by atoms with Gasteiger partial charge in [-0.25, -0.2) is 0 Å². The lowest BCUT2D eigenvalue weighted by Gasteiger charge is -2.37. The fourth-order valence-electron chi connectivity index (χ4n) is 3.80. The first kappa shape index (κ1) is 24.3. The molecule has 0 saturated carbocycles. The SMILES string of the molecule is CC(=O)O/C=C1\CCC/C(C=O)=C/C[C@@H]2C(C(=O)CC=C(C)C)=CO[C@H](OC(C)=O)[C@@H]12. The van der Waals surface area contributed by atoms with Gasteiger partial charge in [-0.15, -0.1) is 0 Å². The zero-order chi connectivity index (χ0) is 23.0. The van der Waals surface area contributed by atoms with Gasteiger partial charge in [0.05, 0.1) is 18.4 Å². The average molecular weight is 430 g/mol. The Morgan fingerprint density at radius 3 is 2.48 bits per heavy atom. The van der Waals surface area contributed by atoms with Crippen molar-refractivity contribution in [1.29, 1.82) is 0 Å². The molecule has 1 heterocycles. The molecule has 0 N–H and O–H groups in total. The number of carbonyl (C=O) groups excluding carboxylic acids is 4. The molecular weight excluding hydrogens is 400 g/mol. The van der Waals surface area contributed by atoms with Crippen LogP contribution in [-0.2, 0) is 33.4 Å². The van der Waals surface area contributed by atoms with Gasteiger partial charge in [0.25, 0.3) is 6.29 Å². The Balaban J connectivity index is 2.54. The highest BCUT2D eigenvalue weighted by Gasteiger charge is 2.42. The number of aldehydes is 1. The summed E-state index contributed by atoms with van der Waals surface area (Å²) in [5.41, 5.74) is 2.84. The van der Waals surface area contributed by atoms with Crippen molar-refractivity contribution in [2.45, 2.75) is 66.1 Å². The van der Waals surface area contributed by atoms with E-state index in [0.29, 0.717) is 42.4 Å². The minimum Gasteiger partial charge on any atom is -0.461 e. The summed E-state index contributed by atoms with van der Waals surface area (Å²) in [7, 11) is 0. The second-order valence-corrected chi connectivity index (χ2v) is 8.02. The van der Waals surface area contributed by atoms with E-state index in [0.717, 1.165) is 11.9 Å². The zero-order valence-electron chi connectivity index (χ0n) is 18.5. The number of ether oxygens (including phenoxy) is 3. The Kier molecular flexibility index (Phi) is 8.97. The maximum atomic E-state index is 13.0. The van der Waals surface area contributed by atoms with E-state index in [9.17, 15) is 19.2 Å². The number of Topliss-reactive ketones (excluding diaryl/α,β-unsaturated/α-hetero) is 1. The van der Waals surface area contributed by atoms with Gasteiger partial charge in [-0.2, -0.15) is 0 Å². The highest BCUT2D eigenvalue weighted by Crippen LogP contribution is 2.42. The number of carbonyl (C=O) groups is 4. The Morgan fingerprint density at radius 2 is 1.87 bits per heavy atom. The summed E-state index contributed by atoms with van der Waals surface area (Å²) in [4.78, 5) is 47.6. The number of allylic oxidation sites excluding steroid dienone is 5. The largest absolute Gasteiger partial charge is 0.461 e. The second-order valence-electron chi connectivity index (χ2n) is 8.02. The topological polar surface area (TPSA) is 96.0 Å². The molecule has 2 rings (SSSR count). The maximum Gasteiger partial charge on any atom is 0.307 e. The molecule has 0 aromatic carbocycles. The molecule has 0 aromatic heterocycles. The van der Waals surface area contributed by atoms with E-state index in [1.807, 2.05) is 26.0 Å². The molecular formula is C24H30O7. The average Bonchev–Trinajstić information content (AvgIpc) is 2.79. The number of ketones is 1. The Bertz CT molecular complexity index is 840. The summed E-state index contributed by atoms with van der Waals surface area (Å²) in [5.74, 6) is -2.03. The highest BCUT2D eigenvalue weighted by molar-refractivity contribution is 5.97. The molecule has 1 aliphatic heterocycles. The monoisotopic (exact) mass is 430 g/mol. The molecule has 0 aromatic rings. The van der Waals surface area contributed by atoms with Gasteiger partial charge in [-0.1, -0.05) is 17.7 Å². The number of hydrogen-bond donors (Lipinski definition) is 0. The maximum absolute atomic E-state index is 13.0. The van der Waals surface area contributed by atoms with Crippen molar-refractivity contribution < 1.29 is 33.4 Å². The van der Waals surface area contributed by atoms with E-state index in [1.54, 1.807) is 0 Å². The number of rotatable bonds is 6. The minimum absolute atomic E-state index is 0.107. The Labute approximate surface area is 182 Å². The van der Waals surface area contributed by atoms with Crippen molar-refractivity contribution in [3.63, 3.8) is 0 Å². The Morgan fingerprint density at radius 1 is 1.13 bits per heavy atom. The summed E-state index contributed by atoms with van der Waals surface area (Å²) < 4.78 is 16.3. The van der Waals surface area contributed by atoms with Gasteiger partial charge in [0.2, 0.25) is 0 Å². The first-order valence-electron chi connectivity index (χ1n) is 10.4. The molecule has 7 heteroatoms. The van der Waals surface area contributed by atoms with E-state index in [-0.39, 0.29) is 12.2 Å². The molecule has 0 fully saturated rings. The predicted octanol–water partition coefficient (Wildman–Crippen LogP) is 4.09. The van der Waals surface area contributed by atoms with Gasteiger partial charge in [0.1, 0.15) is 6.29 Å². The number of esters is 2. The normalized spacial score (nSPS) is 26.3. The van der Waals surface area contributed by atoms with Crippen LogP contribution in [0.5, 0.6) is 0 Å². The van der Waals surface area contributed by atoms with Crippen LogP contribution in [0.4, 0.5) is 0 Å². The van der Waals surface area contributed by atoms with Gasteiger partial charge in [0.15, 0.2) is 5.78 Å². The van der Waals surface area contributed by atoms with E-state index >= 15 is 0 Å². The fraction of sp³-hybridized carbons (Fsp3) is 0.500. The lowest BCUT2D eigenvalue weighted by molar-refractivity contribution is -0.180. The highest BCUT2D eigenvalue weighted by atomic mass is 16.7. The predicted molar refractivity (Wildman–Crippen MR) is 113 cm³/mol. The quantitative estimate of drug-likeness (QED) is 0.271. The third-order valence-corrected chi connectivity index (χ3v) is 5.28. The molecule has 0 radical (unpaired) electrons. The van der Waals surface area contributed by atoms with Crippen LogP contribution in [-0.4, -0.2) is 30.3 Å². The molecule has 1 aliphatic carbocycles. The molecule has 3 atom stereocenters. The molecule has 0 spiro atoms. The van der Waals surface area contributed by atoms with Gasteiger partial charge in [-0.3, -0.25) is 19.2 Å². The Hall–Kier alpha value is -2.96. The van der Waals surface area contributed by atoms with Gasteiger partial charge >= 0.3 is 11.9 Å². The van der Waals surface area contributed by atoms with Gasteiger partial charge in [0, 0.05) is 31.8 Å². The van der Waals surface area contributed by atoms with Crippen LogP contribution in [0.15, 0.2) is 47.0 Å². The molecule has 2 aliphatic rings. The zero-order valence-corrected chi connectivity index (χ0v) is 18.5. The van der Waals surface area contributed by atoms with Crippen LogP contribution < -0.4 is 0 Å². The second kappa shape index (κ2) is 11.4. The molecule has 0 unspecified atom stereocenters. The summed E-state index contributed by atoms with van der Waals surface area (Å²) in [5, 5.41) is 0. The van der Waals surface area contributed by atoms with Crippen molar-refractivity contribution in [3.8, 4) is 0 Å². The molecule has 168 valence electrons. The third-order valence-electron chi connectivity index (χ3n) is 5.28. The van der Waals surface area contributed by atoms with E-state index in [2.05, 4.69) is 0 Å². The lowest BCUT2D eigenvalue weighted by Crippen LogP contribution is -2.40. The molecule has 0 bridgehead atoms. The first-order valence-corrected chi connectivity index (χ1v) is 10.4. The molecule has 7 nitrogen and oxygen atoms in total. The van der Waals surface area contributed by atoms with E-state index in [4.69, 9.17) is 14.2 Å². The molecule has 0 amide bonds. The number of hydrogen-bond acceptors (Lipinski definition) is 7. The number of fused-ring (bicyclic) bond motifs is 1. The summed E-state index contributed by atoms with van der Waals surface area (Å²) >= 11 is 0. The molecule has 0 saturated heterocycles. The van der Waals surface area contributed by atoms with Crippen molar-refractivity contribution in [1.82, 2.24) is 0 Å². The van der Waals surface area contributed by atoms with Crippen LogP contribution in [0.1, 0.15) is 59.8 Å². The summed E-state index contributed by atoms with van der Waals surface area (Å²) in [6.45, 7) is 6.41. The van der Waals surface area contributed by atoms with Crippen LogP contribution >= 0.6 is 0 Å². The van der Waals surface area contributed by atoms with Crippen LogP contribution in [0, 0.1) is 11.8 Å². The van der Waals surface area contributed by atoms with Crippen LogP contribution in [0.2, 0.25) is 0 Å². The van der Waals surface area contributed by atoms with Crippen LogP contribution in [0.25, 0.3) is 0 Å². The van der Waals surface area contributed by atoms with Gasteiger partial charge in [-0.05, 0) is 50.7 Å². The summed E-state index contributed by atoms with van der Waals surface area (Å²) in [6, 6.07) is 0. The van der Waals surface area contributed by atoms with E-state index in [1.165, 1.54) is 26.4 Å².